The molecule has 0 N–H and O–H groups in total. The van der Waals surface area contributed by atoms with Gasteiger partial charge in [-0.2, -0.15) is 0 Å². The molecule has 32 heavy (non-hydrogen) atoms. The quantitative estimate of drug-likeness (QED) is 0.657. The van der Waals surface area contributed by atoms with Gasteiger partial charge in [0.15, 0.2) is 0 Å². The minimum atomic E-state index is -4.07. The first-order chi connectivity index (χ1) is 15.2. The van der Waals surface area contributed by atoms with E-state index in [2.05, 4.69) is 0 Å². The van der Waals surface area contributed by atoms with Gasteiger partial charge >= 0.3 is 6.09 Å². The van der Waals surface area contributed by atoms with Crippen LogP contribution in [0, 0.1) is 12.7 Å². The molecule has 2 aromatic rings. The fourth-order valence-electron chi connectivity index (χ4n) is 3.34. The number of hydrogen-bond acceptors (Lipinski definition) is 5. The van der Waals surface area contributed by atoms with Gasteiger partial charge in [0.05, 0.1) is 17.2 Å². The summed E-state index contributed by atoms with van der Waals surface area (Å²) in [5.74, 6) is -0.920. The molecule has 1 heterocycles. The number of amides is 2. The average molecular weight is 464 g/mol. The first kappa shape index (κ1) is 23.5. The van der Waals surface area contributed by atoms with Crippen LogP contribution in [0.1, 0.15) is 12.5 Å². The van der Waals surface area contributed by atoms with Crippen molar-refractivity contribution in [3.8, 4) is 0 Å². The number of ether oxygens (including phenoxy) is 1. The van der Waals surface area contributed by atoms with Gasteiger partial charge in [-0.3, -0.25) is 9.10 Å². The number of piperazine rings is 1. The monoisotopic (exact) mass is 463 g/mol. The third kappa shape index (κ3) is 5.37. The second kappa shape index (κ2) is 9.99. The molecule has 3 rings (SSSR count). The second-order valence-corrected chi connectivity index (χ2v) is 9.23. The van der Waals surface area contributed by atoms with Gasteiger partial charge in [-0.1, -0.05) is 17.7 Å². The van der Waals surface area contributed by atoms with Crippen molar-refractivity contribution in [2.75, 3.05) is 43.6 Å². The zero-order chi connectivity index (χ0) is 23.3. The van der Waals surface area contributed by atoms with Crippen molar-refractivity contribution in [1.82, 2.24) is 9.80 Å². The summed E-state index contributed by atoms with van der Waals surface area (Å²) in [6.07, 6.45) is -0.436. The van der Waals surface area contributed by atoms with Crippen LogP contribution >= 0.6 is 0 Å². The summed E-state index contributed by atoms with van der Waals surface area (Å²) in [4.78, 5) is 27.9. The number of benzene rings is 2. The highest BCUT2D eigenvalue weighted by atomic mass is 32.2. The molecule has 1 aliphatic rings. The Hall–Kier alpha value is -3.14. The predicted molar refractivity (Wildman–Crippen MR) is 117 cm³/mol. The van der Waals surface area contributed by atoms with Gasteiger partial charge in [-0.15, -0.1) is 0 Å². The summed E-state index contributed by atoms with van der Waals surface area (Å²) in [5, 5.41) is 0. The third-order valence-corrected chi connectivity index (χ3v) is 6.95. The molecule has 1 aliphatic heterocycles. The molecule has 0 aromatic heterocycles. The highest BCUT2D eigenvalue weighted by Gasteiger charge is 2.31. The van der Waals surface area contributed by atoms with E-state index < -0.39 is 34.4 Å². The molecular formula is C22H26FN3O5S. The van der Waals surface area contributed by atoms with Crippen LogP contribution in [0.2, 0.25) is 0 Å². The average Bonchev–Trinajstić information content (AvgIpc) is 2.78. The number of nitrogens with zero attached hydrogens (tertiary/aromatic N) is 3. The summed E-state index contributed by atoms with van der Waals surface area (Å²) in [6, 6.07) is 11.2. The maximum Gasteiger partial charge on any atom is 0.409 e. The fourth-order valence-corrected chi connectivity index (χ4v) is 4.75. The molecule has 0 unspecified atom stereocenters. The zero-order valence-corrected chi connectivity index (χ0v) is 18.8. The molecule has 0 bridgehead atoms. The Balaban J connectivity index is 1.80. The minimum Gasteiger partial charge on any atom is -0.450 e. The normalized spacial score (nSPS) is 14.2. The number of carbonyl (C=O) groups is 2. The Morgan fingerprint density at radius 2 is 1.53 bits per heavy atom. The smallest absolute Gasteiger partial charge is 0.409 e. The van der Waals surface area contributed by atoms with Crippen LogP contribution in [0.5, 0.6) is 0 Å². The molecule has 0 saturated carbocycles. The van der Waals surface area contributed by atoms with E-state index in [-0.39, 0.29) is 30.3 Å². The lowest BCUT2D eigenvalue weighted by Crippen LogP contribution is -2.53. The molecule has 10 heteroatoms. The molecule has 1 fully saturated rings. The van der Waals surface area contributed by atoms with Gasteiger partial charge in [-0.05, 0) is 50.2 Å². The van der Waals surface area contributed by atoms with Crippen molar-refractivity contribution >= 4 is 27.7 Å². The fraction of sp³-hybridized carbons (Fsp3) is 0.364. The lowest BCUT2D eigenvalue weighted by atomic mass is 10.2. The van der Waals surface area contributed by atoms with Gasteiger partial charge in [0.2, 0.25) is 5.91 Å². The van der Waals surface area contributed by atoms with Gasteiger partial charge in [-0.25, -0.2) is 17.6 Å². The van der Waals surface area contributed by atoms with Gasteiger partial charge in [0.25, 0.3) is 10.0 Å². The van der Waals surface area contributed by atoms with Gasteiger partial charge < -0.3 is 14.5 Å². The summed E-state index contributed by atoms with van der Waals surface area (Å²) in [6.45, 7) is 4.50. The van der Waals surface area contributed by atoms with Gasteiger partial charge in [0, 0.05) is 26.2 Å². The van der Waals surface area contributed by atoms with E-state index in [4.69, 9.17) is 4.74 Å². The molecular weight excluding hydrogens is 437 g/mol. The van der Waals surface area contributed by atoms with E-state index in [0.29, 0.717) is 13.1 Å². The second-order valence-electron chi connectivity index (χ2n) is 7.37. The maximum absolute atomic E-state index is 13.4. The molecule has 0 atom stereocenters. The van der Waals surface area contributed by atoms with Crippen molar-refractivity contribution in [3.63, 3.8) is 0 Å². The van der Waals surface area contributed by atoms with Crippen molar-refractivity contribution in [2.24, 2.45) is 0 Å². The van der Waals surface area contributed by atoms with Crippen LogP contribution in [-0.4, -0.2) is 69.5 Å². The summed E-state index contributed by atoms with van der Waals surface area (Å²) in [7, 11) is -4.07. The number of rotatable bonds is 6. The zero-order valence-electron chi connectivity index (χ0n) is 18.0. The first-order valence-corrected chi connectivity index (χ1v) is 11.7. The summed E-state index contributed by atoms with van der Waals surface area (Å²) >= 11 is 0. The van der Waals surface area contributed by atoms with Crippen LogP contribution in [0.15, 0.2) is 53.4 Å². The number of sulfonamides is 1. The number of aryl methyl sites for hydroxylation is 1. The lowest BCUT2D eigenvalue weighted by molar-refractivity contribution is -0.131. The van der Waals surface area contributed by atoms with Crippen molar-refractivity contribution in [3.05, 3.63) is 59.9 Å². The van der Waals surface area contributed by atoms with E-state index in [9.17, 15) is 22.4 Å². The van der Waals surface area contributed by atoms with Crippen LogP contribution in [-0.2, 0) is 19.6 Å². The molecule has 2 aromatic carbocycles. The number of hydrogen-bond donors (Lipinski definition) is 0. The van der Waals surface area contributed by atoms with Crippen molar-refractivity contribution in [1.29, 1.82) is 0 Å². The molecule has 8 nitrogen and oxygen atoms in total. The van der Waals surface area contributed by atoms with Crippen molar-refractivity contribution in [2.45, 2.75) is 18.7 Å². The van der Waals surface area contributed by atoms with Crippen LogP contribution < -0.4 is 4.31 Å². The van der Waals surface area contributed by atoms with E-state index >= 15 is 0 Å². The highest BCUT2D eigenvalue weighted by molar-refractivity contribution is 7.92. The third-order valence-electron chi connectivity index (χ3n) is 5.16. The van der Waals surface area contributed by atoms with E-state index in [1.165, 1.54) is 34.1 Å². The Bertz CT molecular complexity index is 1050. The first-order valence-electron chi connectivity index (χ1n) is 10.3. The number of anilines is 1. The maximum atomic E-state index is 13.4. The highest BCUT2D eigenvalue weighted by Crippen LogP contribution is 2.24. The molecule has 2 amide bonds. The SMILES string of the molecule is CCOC(=O)N1CCN(C(=O)CN(c2ccc(F)cc2)S(=O)(=O)c2ccc(C)cc2)CC1. The molecule has 172 valence electrons. The van der Waals surface area contributed by atoms with E-state index in [0.717, 1.165) is 22.0 Å². The molecule has 1 saturated heterocycles. The molecule has 0 aliphatic carbocycles. The van der Waals surface area contributed by atoms with Crippen LogP contribution in [0.3, 0.4) is 0 Å². The number of carbonyl (C=O) groups excluding carboxylic acids is 2. The standard InChI is InChI=1S/C22H26FN3O5S/c1-3-31-22(28)25-14-12-24(13-15-25)21(27)16-26(19-8-6-18(23)7-9-19)32(29,30)20-10-4-17(2)5-11-20/h4-11H,3,12-16H2,1-2H3. The minimum absolute atomic E-state index is 0.0346. The number of halogens is 1. The lowest BCUT2D eigenvalue weighted by Gasteiger charge is -2.35. The van der Waals surface area contributed by atoms with Crippen LogP contribution in [0.4, 0.5) is 14.9 Å². The molecule has 0 radical (unpaired) electrons. The Kier molecular flexibility index (Phi) is 7.34. The van der Waals surface area contributed by atoms with E-state index in [1.807, 2.05) is 6.92 Å². The predicted octanol–water partition coefficient (Wildman–Crippen LogP) is 2.63. The van der Waals surface area contributed by atoms with Crippen molar-refractivity contribution < 1.29 is 27.1 Å². The largest absolute Gasteiger partial charge is 0.450 e. The Morgan fingerprint density at radius 1 is 0.969 bits per heavy atom. The topological polar surface area (TPSA) is 87.2 Å². The van der Waals surface area contributed by atoms with E-state index in [1.54, 1.807) is 19.1 Å². The summed E-state index contributed by atoms with van der Waals surface area (Å²) < 4.78 is 46.1. The Morgan fingerprint density at radius 3 is 2.09 bits per heavy atom. The van der Waals surface area contributed by atoms with Crippen LogP contribution in [0.25, 0.3) is 0 Å². The molecule has 0 spiro atoms. The summed E-state index contributed by atoms with van der Waals surface area (Å²) in [5.41, 5.74) is 1.08. The van der Waals surface area contributed by atoms with Gasteiger partial charge in [0.1, 0.15) is 12.4 Å². The Labute approximate surface area is 187 Å².